The molecule has 4 rings (SSSR count). The Kier molecular flexibility index (Phi) is 6.19. The number of rotatable bonds is 7. The average Bonchev–Trinajstić information content (AvgIpc) is 3.06. The molecule has 1 N–H and O–H groups in total. The highest BCUT2D eigenvalue weighted by molar-refractivity contribution is 5.91. The Morgan fingerprint density at radius 3 is 2.73 bits per heavy atom. The summed E-state index contributed by atoms with van der Waals surface area (Å²) in [5.74, 6) is 1.21. The maximum absolute atomic E-state index is 11.6. The summed E-state index contributed by atoms with van der Waals surface area (Å²) in [5.41, 5.74) is 3.28. The fraction of sp³-hybridized carbons (Fsp3) is 0.625. The number of hydrogen-bond acceptors (Lipinski definition) is 5. The van der Waals surface area contributed by atoms with Crippen LogP contribution in [0.2, 0.25) is 0 Å². The van der Waals surface area contributed by atoms with E-state index in [0.717, 1.165) is 43.2 Å². The second-order valence-corrected chi connectivity index (χ2v) is 9.07. The number of carboxylic acid groups (broad SMARTS) is 1. The van der Waals surface area contributed by atoms with Crippen molar-refractivity contribution in [3.63, 3.8) is 0 Å². The van der Waals surface area contributed by atoms with E-state index in [0.29, 0.717) is 30.3 Å². The molecule has 3 aliphatic rings. The molecule has 2 saturated carbocycles. The van der Waals surface area contributed by atoms with Crippen LogP contribution in [0.4, 0.5) is 0 Å². The predicted octanol–water partition coefficient (Wildman–Crippen LogP) is 4.44. The molecule has 3 aliphatic carbocycles. The Hall–Kier alpha value is -1.89. The summed E-state index contributed by atoms with van der Waals surface area (Å²) in [7, 11) is 3.25. The molecule has 0 spiro atoms. The lowest BCUT2D eigenvalue weighted by Crippen LogP contribution is -2.44. The van der Waals surface area contributed by atoms with Crippen molar-refractivity contribution in [2.24, 2.45) is 17.3 Å². The lowest BCUT2D eigenvalue weighted by Gasteiger charge is -2.51. The number of fused-ring (bicyclic) bond motifs is 5. The van der Waals surface area contributed by atoms with E-state index in [4.69, 9.17) is 18.9 Å². The summed E-state index contributed by atoms with van der Waals surface area (Å²) in [6, 6.07) is 6.08. The van der Waals surface area contributed by atoms with Crippen molar-refractivity contribution in [2.75, 3.05) is 27.8 Å². The highest BCUT2D eigenvalue weighted by atomic mass is 16.7. The second-order valence-electron chi connectivity index (χ2n) is 9.07. The van der Waals surface area contributed by atoms with Crippen LogP contribution in [-0.4, -0.2) is 45.0 Å². The maximum atomic E-state index is 11.6. The number of hydrogen-bond donors (Lipinski definition) is 1. The fourth-order valence-electron chi connectivity index (χ4n) is 6.34. The van der Waals surface area contributed by atoms with Gasteiger partial charge in [0.1, 0.15) is 12.5 Å². The number of ether oxygens (including phenoxy) is 4. The lowest BCUT2D eigenvalue weighted by molar-refractivity contribution is -0.131. The zero-order valence-corrected chi connectivity index (χ0v) is 18.1. The fourth-order valence-corrected chi connectivity index (χ4v) is 6.34. The first kappa shape index (κ1) is 21.3. The van der Waals surface area contributed by atoms with Crippen LogP contribution in [0.5, 0.6) is 5.75 Å². The first-order valence-electron chi connectivity index (χ1n) is 10.8. The Bertz CT molecular complexity index is 818. The molecule has 30 heavy (non-hydrogen) atoms. The number of benzene rings is 1. The molecule has 5 atom stereocenters. The highest BCUT2D eigenvalue weighted by Gasteiger charge is 2.55. The molecule has 0 heterocycles. The second kappa shape index (κ2) is 8.69. The molecule has 1 aromatic rings. The van der Waals surface area contributed by atoms with Crippen LogP contribution in [-0.2, 0) is 19.0 Å². The summed E-state index contributed by atoms with van der Waals surface area (Å²) in [5, 5.41) is 9.51. The van der Waals surface area contributed by atoms with Gasteiger partial charge in [0.2, 0.25) is 0 Å². The Labute approximate surface area is 178 Å². The van der Waals surface area contributed by atoms with Gasteiger partial charge in [-0.3, -0.25) is 0 Å². The summed E-state index contributed by atoms with van der Waals surface area (Å²) in [6.45, 7) is 2.86. The minimum atomic E-state index is -0.899. The molecule has 2 fully saturated rings. The third-order valence-electron chi connectivity index (χ3n) is 7.60. The van der Waals surface area contributed by atoms with E-state index < -0.39 is 5.97 Å². The quantitative estimate of drug-likeness (QED) is 0.523. The van der Waals surface area contributed by atoms with Gasteiger partial charge in [-0.05, 0) is 84.1 Å². The zero-order valence-electron chi connectivity index (χ0n) is 18.1. The van der Waals surface area contributed by atoms with Gasteiger partial charge in [-0.2, -0.15) is 0 Å². The van der Waals surface area contributed by atoms with Crippen molar-refractivity contribution in [1.82, 2.24) is 0 Å². The van der Waals surface area contributed by atoms with Gasteiger partial charge in [0.05, 0.1) is 6.10 Å². The Morgan fingerprint density at radius 1 is 1.20 bits per heavy atom. The molecule has 0 radical (unpaired) electrons. The molecular formula is C24H32O6. The van der Waals surface area contributed by atoms with Gasteiger partial charge < -0.3 is 24.1 Å². The van der Waals surface area contributed by atoms with E-state index in [1.165, 1.54) is 11.6 Å². The Morgan fingerprint density at radius 2 is 2.00 bits per heavy atom. The van der Waals surface area contributed by atoms with Gasteiger partial charge in [0, 0.05) is 20.3 Å². The van der Waals surface area contributed by atoms with Crippen LogP contribution in [0.1, 0.15) is 56.1 Å². The molecule has 164 valence electrons. The summed E-state index contributed by atoms with van der Waals surface area (Å²) in [4.78, 5) is 11.6. The van der Waals surface area contributed by atoms with Gasteiger partial charge >= 0.3 is 5.97 Å². The van der Waals surface area contributed by atoms with E-state index in [1.54, 1.807) is 14.2 Å². The van der Waals surface area contributed by atoms with Gasteiger partial charge in [-0.25, -0.2) is 4.79 Å². The molecule has 0 aromatic heterocycles. The SMILES string of the molecule is COCOc1ccc2c(c1)C(=CC(=O)O)C[C@@H]1[C@@H]2CC[C@]2(C)[C@@H](OCOC)CC[C@@H]12. The van der Waals surface area contributed by atoms with Crippen LogP contribution >= 0.6 is 0 Å². The number of aliphatic carboxylic acids is 1. The number of methoxy groups -OCH3 is 2. The van der Waals surface area contributed by atoms with E-state index >= 15 is 0 Å². The minimum absolute atomic E-state index is 0.118. The third kappa shape index (κ3) is 3.77. The van der Waals surface area contributed by atoms with Crippen LogP contribution in [0.25, 0.3) is 5.57 Å². The average molecular weight is 417 g/mol. The molecule has 1 aromatic carbocycles. The maximum Gasteiger partial charge on any atom is 0.328 e. The summed E-state index contributed by atoms with van der Waals surface area (Å²) in [6.07, 6.45) is 6.76. The van der Waals surface area contributed by atoms with Gasteiger partial charge in [-0.15, -0.1) is 0 Å². The van der Waals surface area contributed by atoms with Gasteiger partial charge in [0.25, 0.3) is 0 Å². The minimum Gasteiger partial charge on any atom is -0.478 e. The Balaban J connectivity index is 1.67. The summed E-state index contributed by atoms with van der Waals surface area (Å²) >= 11 is 0. The van der Waals surface area contributed by atoms with E-state index in [-0.39, 0.29) is 18.3 Å². The molecule has 0 bridgehead atoms. The molecule has 6 heteroatoms. The smallest absolute Gasteiger partial charge is 0.328 e. The monoisotopic (exact) mass is 416 g/mol. The molecule has 0 amide bonds. The van der Waals surface area contributed by atoms with E-state index in [2.05, 4.69) is 13.0 Å². The molecular weight excluding hydrogens is 384 g/mol. The van der Waals surface area contributed by atoms with Crippen molar-refractivity contribution in [1.29, 1.82) is 0 Å². The van der Waals surface area contributed by atoms with Crippen LogP contribution < -0.4 is 4.74 Å². The first-order valence-corrected chi connectivity index (χ1v) is 10.8. The third-order valence-corrected chi connectivity index (χ3v) is 7.60. The molecule has 0 unspecified atom stereocenters. The van der Waals surface area contributed by atoms with Crippen molar-refractivity contribution >= 4 is 11.5 Å². The topological polar surface area (TPSA) is 74.2 Å². The molecule has 0 aliphatic heterocycles. The van der Waals surface area contributed by atoms with Crippen LogP contribution in [0.15, 0.2) is 24.3 Å². The first-order chi connectivity index (χ1) is 14.5. The van der Waals surface area contributed by atoms with Gasteiger partial charge in [0.15, 0.2) is 6.79 Å². The summed E-state index contributed by atoms with van der Waals surface area (Å²) < 4.78 is 21.9. The normalized spacial score (nSPS) is 33.6. The van der Waals surface area contributed by atoms with Crippen molar-refractivity contribution < 1.29 is 28.8 Å². The van der Waals surface area contributed by atoms with Crippen molar-refractivity contribution in [2.45, 2.75) is 51.0 Å². The standard InChI is InChI=1S/C24H32O6/c1-24-9-8-18-17-5-4-16(29-13-27-2)12-19(17)15(11-23(25)26)10-20(18)21(24)6-7-22(24)30-14-28-3/h4-5,11-12,18,20-22H,6-10,13-14H2,1-3H3,(H,25,26)/t18-,20-,21+,22+,24+/m1/s1. The number of allylic oxidation sites excluding steroid dienone is 1. The molecule has 0 saturated heterocycles. The lowest BCUT2D eigenvalue weighted by atomic mass is 9.54. The van der Waals surface area contributed by atoms with E-state index in [9.17, 15) is 9.90 Å². The zero-order chi connectivity index (χ0) is 21.3. The van der Waals surface area contributed by atoms with Crippen molar-refractivity contribution in [3.05, 3.63) is 35.4 Å². The van der Waals surface area contributed by atoms with Crippen LogP contribution in [0.3, 0.4) is 0 Å². The number of carboxylic acids is 1. The van der Waals surface area contributed by atoms with Gasteiger partial charge in [-0.1, -0.05) is 13.0 Å². The predicted molar refractivity (Wildman–Crippen MR) is 112 cm³/mol. The largest absolute Gasteiger partial charge is 0.478 e. The van der Waals surface area contributed by atoms with Crippen LogP contribution in [0, 0.1) is 17.3 Å². The van der Waals surface area contributed by atoms with E-state index in [1.807, 2.05) is 12.1 Å². The van der Waals surface area contributed by atoms with Crippen molar-refractivity contribution in [3.8, 4) is 5.75 Å². The highest BCUT2D eigenvalue weighted by Crippen LogP contribution is 2.63. The number of carbonyl (C=O) groups is 1. The molecule has 6 nitrogen and oxygen atoms in total.